The molecule has 0 aliphatic carbocycles. The first kappa shape index (κ1) is 26.9. The van der Waals surface area contributed by atoms with Crippen molar-refractivity contribution in [2.24, 2.45) is 5.16 Å². The van der Waals surface area contributed by atoms with E-state index < -0.39 is 49.1 Å². The second kappa shape index (κ2) is 9.98. The van der Waals surface area contributed by atoms with Gasteiger partial charge in [-0.1, -0.05) is 41.3 Å². The number of hydrogen-bond donors (Lipinski definition) is 0. The van der Waals surface area contributed by atoms with Crippen LogP contribution in [0.15, 0.2) is 41.6 Å². The molecule has 37 heavy (non-hydrogen) atoms. The van der Waals surface area contributed by atoms with Crippen molar-refractivity contribution in [3.05, 3.63) is 68.7 Å². The molecule has 196 valence electrons. The van der Waals surface area contributed by atoms with Gasteiger partial charge in [0.15, 0.2) is 5.60 Å². The Morgan fingerprint density at radius 3 is 2.27 bits per heavy atom. The molecule has 1 unspecified atom stereocenters. The smallest absolute Gasteiger partial charge is 0.384 e. The van der Waals surface area contributed by atoms with Crippen molar-refractivity contribution in [2.45, 2.75) is 38.5 Å². The van der Waals surface area contributed by atoms with E-state index in [1.165, 1.54) is 6.07 Å². The number of benzene rings is 2. The summed E-state index contributed by atoms with van der Waals surface area (Å²) < 4.78 is 38.0. The number of piperazine rings is 1. The largest absolute Gasteiger partial charge is 0.406 e. The van der Waals surface area contributed by atoms with E-state index in [0.29, 0.717) is 28.6 Å². The van der Waals surface area contributed by atoms with E-state index >= 15 is 0 Å². The number of nitrogens with zero attached hydrogens (tertiary/aromatic N) is 3. The van der Waals surface area contributed by atoms with Crippen molar-refractivity contribution in [3.8, 4) is 0 Å². The van der Waals surface area contributed by atoms with Crippen LogP contribution < -0.4 is 0 Å². The van der Waals surface area contributed by atoms with Crippen LogP contribution in [0, 0.1) is 0 Å². The number of imide groups is 1. The van der Waals surface area contributed by atoms with Gasteiger partial charge in [0.25, 0.3) is 5.91 Å². The average molecular weight is 556 g/mol. The Balaban J connectivity index is 1.52. The number of halogens is 5. The van der Waals surface area contributed by atoms with Crippen LogP contribution in [0.3, 0.4) is 0 Å². The van der Waals surface area contributed by atoms with Crippen molar-refractivity contribution < 1.29 is 32.4 Å². The number of aryl methyl sites for hydroxylation is 1. The van der Waals surface area contributed by atoms with Crippen LogP contribution in [0.4, 0.5) is 13.2 Å². The third kappa shape index (κ3) is 5.75. The second-order valence-corrected chi connectivity index (χ2v) is 9.94. The predicted octanol–water partition coefficient (Wildman–Crippen LogP) is 4.97. The van der Waals surface area contributed by atoms with Crippen LogP contribution in [-0.2, 0) is 26.4 Å². The van der Waals surface area contributed by atoms with E-state index in [-0.39, 0.29) is 10.5 Å². The van der Waals surface area contributed by atoms with Crippen LogP contribution in [0.25, 0.3) is 0 Å². The highest BCUT2D eigenvalue weighted by Gasteiger charge is 2.41. The first-order valence-electron chi connectivity index (χ1n) is 11.3. The van der Waals surface area contributed by atoms with Gasteiger partial charge in [0.05, 0.1) is 5.71 Å². The molecule has 2 heterocycles. The summed E-state index contributed by atoms with van der Waals surface area (Å²) in [4.78, 5) is 44.2. The van der Waals surface area contributed by atoms with Crippen LogP contribution in [0.5, 0.6) is 0 Å². The van der Waals surface area contributed by atoms with Gasteiger partial charge in [-0.25, -0.2) is 0 Å². The molecule has 0 saturated carbocycles. The molecule has 0 bridgehead atoms. The maximum absolute atomic E-state index is 13.0. The Morgan fingerprint density at radius 1 is 1.08 bits per heavy atom. The predicted molar refractivity (Wildman–Crippen MR) is 131 cm³/mol. The number of amides is 3. The molecule has 3 amide bonds. The summed E-state index contributed by atoms with van der Waals surface area (Å²) in [6.45, 7) is 0.839. The molecule has 2 aromatic rings. The van der Waals surface area contributed by atoms with Crippen molar-refractivity contribution in [3.63, 3.8) is 0 Å². The summed E-state index contributed by atoms with van der Waals surface area (Å²) in [5, 5.41) is 5.21. The number of carbonyl (C=O) groups excluding carboxylic acids is 3. The molecular weight excluding hydrogens is 534 g/mol. The van der Waals surface area contributed by atoms with Crippen LogP contribution in [0.1, 0.15) is 47.3 Å². The van der Waals surface area contributed by atoms with E-state index in [1.54, 1.807) is 30.3 Å². The standard InChI is InChI=1S/C25H22Cl2F3N3O4/c1-3-14-6-15(23(36)32-11-21(34)33(22(35)12-32)13-25(28,29)30)4-5-19(14)20-10-24(2,37-31-20)16-7-17(26)9-18(27)8-16/h4-9H,3,10-13H2,1-2H3. The topological polar surface area (TPSA) is 79.3 Å². The summed E-state index contributed by atoms with van der Waals surface area (Å²) in [7, 11) is 0. The normalized spacial score (nSPS) is 20.2. The van der Waals surface area contributed by atoms with E-state index in [1.807, 2.05) is 13.8 Å². The molecule has 2 aliphatic rings. The average Bonchev–Trinajstić information content (AvgIpc) is 3.22. The van der Waals surface area contributed by atoms with Crippen molar-refractivity contribution in [2.75, 3.05) is 19.6 Å². The van der Waals surface area contributed by atoms with Gasteiger partial charge in [0, 0.05) is 33.2 Å². The minimum atomic E-state index is -4.72. The van der Waals surface area contributed by atoms with E-state index in [2.05, 4.69) is 5.16 Å². The van der Waals surface area contributed by atoms with Gasteiger partial charge in [-0.05, 0) is 49.2 Å². The van der Waals surface area contributed by atoms with Crippen molar-refractivity contribution in [1.82, 2.24) is 9.80 Å². The molecule has 2 aromatic carbocycles. The lowest BCUT2D eigenvalue weighted by atomic mass is 9.87. The van der Waals surface area contributed by atoms with Gasteiger partial charge in [-0.15, -0.1) is 0 Å². The molecule has 7 nitrogen and oxygen atoms in total. The maximum atomic E-state index is 13.0. The Morgan fingerprint density at radius 2 is 1.70 bits per heavy atom. The summed E-state index contributed by atoms with van der Waals surface area (Å²) in [5.74, 6) is -2.78. The molecule has 0 radical (unpaired) electrons. The zero-order valence-electron chi connectivity index (χ0n) is 19.9. The Labute approximate surface area is 220 Å². The number of rotatable bonds is 5. The van der Waals surface area contributed by atoms with Gasteiger partial charge in [0.2, 0.25) is 11.8 Å². The molecule has 0 spiro atoms. The van der Waals surface area contributed by atoms with E-state index in [9.17, 15) is 27.6 Å². The first-order chi connectivity index (χ1) is 17.3. The highest BCUT2D eigenvalue weighted by molar-refractivity contribution is 6.34. The molecule has 1 saturated heterocycles. The fraction of sp³-hybridized carbons (Fsp3) is 0.360. The zero-order valence-corrected chi connectivity index (χ0v) is 21.4. The summed E-state index contributed by atoms with van der Waals surface area (Å²) >= 11 is 12.3. The third-order valence-corrected chi connectivity index (χ3v) is 6.69. The van der Waals surface area contributed by atoms with Gasteiger partial charge < -0.3 is 9.74 Å². The summed E-state index contributed by atoms with van der Waals surface area (Å²) in [6, 6.07) is 9.99. The quantitative estimate of drug-likeness (QED) is 0.488. The first-order valence-corrected chi connectivity index (χ1v) is 12.1. The highest BCUT2D eigenvalue weighted by atomic mass is 35.5. The van der Waals surface area contributed by atoms with Gasteiger partial charge in [-0.2, -0.15) is 13.2 Å². The number of hydrogen-bond acceptors (Lipinski definition) is 5. The van der Waals surface area contributed by atoms with Crippen molar-refractivity contribution in [1.29, 1.82) is 0 Å². The molecule has 0 N–H and O–H groups in total. The summed E-state index contributed by atoms with van der Waals surface area (Å²) in [5.41, 5.74) is 2.34. The highest BCUT2D eigenvalue weighted by Crippen LogP contribution is 2.39. The minimum Gasteiger partial charge on any atom is -0.384 e. The fourth-order valence-corrected chi connectivity index (χ4v) is 4.90. The lowest BCUT2D eigenvalue weighted by Crippen LogP contribution is -2.57. The Kier molecular flexibility index (Phi) is 7.27. The molecular formula is C25H22Cl2F3N3O4. The molecule has 0 aromatic heterocycles. The molecule has 1 atom stereocenters. The van der Waals surface area contributed by atoms with Crippen LogP contribution in [-0.4, -0.2) is 59.0 Å². The molecule has 4 rings (SSSR count). The van der Waals surface area contributed by atoms with Gasteiger partial charge >= 0.3 is 6.18 Å². The number of oxime groups is 1. The third-order valence-electron chi connectivity index (χ3n) is 6.26. The van der Waals surface area contributed by atoms with Gasteiger partial charge in [0.1, 0.15) is 19.6 Å². The maximum Gasteiger partial charge on any atom is 0.406 e. The number of carbonyl (C=O) groups is 3. The lowest BCUT2D eigenvalue weighted by Gasteiger charge is -2.33. The van der Waals surface area contributed by atoms with Crippen LogP contribution in [0.2, 0.25) is 10.0 Å². The molecule has 1 fully saturated rings. The van der Waals surface area contributed by atoms with E-state index in [0.717, 1.165) is 21.6 Å². The second-order valence-electron chi connectivity index (χ2n) is 9.07. The zero-order chi connectivity index (χ0) is 27.1. The van der Waals surface area contributed by atoms with Gasteiger partial charge in [-0.3, -0.25) is 19.3 Å². The number of alkyl halides is 3. The fourth-order valence-electron chi connectivity index (χ4n) is 4.37. The SMILES string of the molecule is CCc1cc(C(=O)N2CC(=O)N(CC(F)(F)F)C(=O)C2)ccc1C1=NOC(C)(c2cc(Cl)cc(Cl)c2)C1. The Hall–Kier alpha value is -3.11. The van der Waals surface area contributed by atoms with Crippen molar-refractivity contribution >= 4 is 46.6 Å². The lowest BCUT2D eigenvalue weighted by molar-refractivity contribution is -0.174. The Bertz CT molecular complexity index is 1280. The minimum absolute atomic E-state index is 0.132. The molecule has 12 heteroatoms. The van der Waals surface area contributed by atoms with E-state index in [4.69, 9.17) is 28.0 Å². The monoisotopic (exact) mass is 555 g/mol. The van der Waals surface area contributed by atoms with Crippen LogP contribution >= 0.6 is 23.2 Å². The summed E-state index contributed by atoms with van der Waals surface area (Å²) in [6.07, 6.45) is -3.77. The molecule has 2 aliphatic heterocycles.